The molecule has 1 saturated heterocycles. The largest absolute Gasteiger partial charge is 0.351 e. The number of hydrogen-bond acceptors (Lipinski definition) is 6. The second-order valence-electron chi connectivity index (χ2n) is 8.50. The van der Waals surface area contributed by atoms with Crippen LogP contribution in [-0.4, -0.2) is 40.5 Å². The number of benzene rings is 2. The van der Waals surface area contributed by atoms with Crippen LogP contribution < -0.4 is 16.0 Å². The van der Waals surface area contributed by atoms with Gasteiger partial charge in [-0.25, -0.2) is 8.78 Å². The molecule has 0 aromatic heterocycles. The second-order valence-corrected chi connectivity index (χ2v) is 8.50. The number of nitrogens with one attached hydrogen (secondary N) is 3. The summed E-state index contributed by atoms with van der Waals surface area (Å²) in [7, 11) is 0. The van der Waals surface area contributed by atoms with E-state index in [0.29, 0.717) is 16.8 Å². The van der Waals surface area contributed by atoms with Crippen LogP contribution in [0.15, 0.2) is 54.2 Å². The third-order valence-corrected chi connectivity index (χ3v) is 5.87. The van der Waals surface area contributed by atoms with Gasteiger partial charge in [-0.15, -0.1) is 0 Å². The minimum Gasteiger partial charge on any atom is -0.351 e. The lowest BCUT2D eigenvalue weighted by molar-refractivity contribution is -0.149. The van der Waals surface area contributed by atoms with Gasteiger partial charge in [0.15, 0.2) is 11.6 Å². The van der Waals surface area contributed by atoms with E-state index in [4.69, 9.17) is 0 Å². The van der Waals surface area contributed by atoms with Gasteiger partial charge in [0.25, 0.3) is 11.8 Å². The summed E-state index contributed by atoms with van der Waals surface area (Å²) in [6.45, 7) is 1.73. The Bertz CT molecular complexity index is 1310. The van der Waals surface area contributed by atoms with Gasteiger partial charge in [-0.05, 0) is 48.7 Å². The van der Waals surface area contributed by atoms with Gasteiger partial charge in [0.2, 0.25) is 17.7 Å². The average Bonchev–Trinajstić information content (AvgIpc) is 3.09. The summed E-state index contributed by atoms with van der Waals surface area (Å²) in [6.07, 6.45) is 1.03. The Balaban J connectivity index is 1.39. The van der Waals surface area contributed by atoms with Crippen molar-refractivity contribution in [3.63, 3.8) is 0 Å². The van der Waals surface area contributed by atoms with Crippen molar-refractivity contribution in [1.29, 1.82) is 0 Å². The lowest BCUT2D eigenvalue weighted by Crippen LogP contribution is -2.54. The molecule has 2 aliphatic heterocycles. The van der Waals surface area contributed by atoms with Crippen molar-refractivity contribution in [1.82, 2.24) is 15.5 Å². The lowest BCUT2D eigenvalue weighted by atomic mass is 10.0. The molecule has 2 aromatic rings. The molecule has 0 saturated carbocycles. The van der Waals surface area contributed by atoms with E-state index < -0.39 is 53.3 Å². The van der Waals surface area contributed by atoms with Crippen molar-refractivity contribution in [3.05, 3.63) is 77.0 Å². The Kier molecular flexibility index (Phi) is 6.91. The zero-order valence-electron chi connectivity index (χ0n) is 19.1. The van der Waals surface area contributed by atoms with Crippen molar-refractivity contribution in [3.8, 4) is 0 Å². The molecular weight excluding hydrogens is 474 g/mol. The van der Waals surface area contributed by atoms with Crippen molar-refractivity contribution >= 4 is 35.2 Å². The minimum atomic E-state index is -1.06. The molecule has 0 radical (unpaired) electrons. The Morgan fingerprint density at radius 2 is 1.89 bits per heavy atom. The van der Waals surface area contributed by atoms with Crippen molar-refractivity contribution in [2.45, 2.75) is 38.3 Å². The molecule has 3 N–H and O–H groups in total. The molecule has 0 bridgehead atoms. The number of carbonyl (C=O) groups excluding carboxylic acids is 5. The Hall–Kier alpha value is -4.41. The normalized spacial score (nSPS) is 18.6. The highest BCUT2D eigenvalue weighted by Crippen LogP contribution is 2.24. The zero-order chi connectivity index (χ0) is 26.0. The van der Waals surface area contributed by atoms with Crippen LogP contribution in [0.25, 0.3) is 0 Å². The molecule has 0 spiro atoms. The first kappa shape index (κ1) is 24.7. The molecule has 186 valence electrons. The number of rotatable bonds is 7. The number of hydrogen-bond donors (Lipinski definition) is 3. The van der Waals surface area contributed by atoms with Crippen LogP contribution in [-0.2, 0) is 30.4 Å². The standard InChI is InChI=1S/C25H22F2N4O5/c1-13(28-22(33)10-14-5-6-17(26)18(27)9-14)15-3-2-4-16(11-15)29-19-12-23(34)31(25(19)36)20-7-8-21(32)30-24(20)35/h2-6,9,11-13,20,29H,7-8,10H2,1H3,(H,28,33)(H,30,32,35). The Morgan fingerprint density at radius 1 is 1.11 bits per heavy atom. The fourth-order valence-electron chi connectivity index (χ4n) is 4.05. The van der Waals surface area contributed by atoms with Crippen molar-refractivity contribution in [2.75, 3.05) is 5.32 Å². The van der Waals surface area contributed by atoms with E-state index in [1.807, 2.05) is 0 Å². The van der Waals surface area contributed by atoms with E-state index in [0.717, 1.165) is 23.1 Å². The molecule has 11 heteroatoms. The number of halogens is 2. The molecule has 2 aliphatic rings. The zero-order valence-corrected chi connectivity index (χ0v) is 19.1. The first-order chi connectivity index (χ1) is 17.1. The summed E-state index contributed by atoms with van der Waals surface area (Å²) >= 11 is 0. The maximum absolute atomic E-state index is 13.4. The Labute approximate surface area is 204 Å². The number of imide groups is 2. The van der Waals surface area contributed by atoms with Gasteiger partial charge in [0.1, 0.15) is 11.7 Å². The topological polar surface area (TPSA) is 125 Å². The highest BCUT2D eigenvalue weighted by molar-refractivity contribution is 6.20. The fourth-order valence-corrected chi connectivity index (χ4v) is 4.05. The second kappa shape index (κ2) is 10.1. The molecule has 9 nitrogen and oxygen atoms in total. The van der Waals surface area contributed by atoms with Crippen LogP contribution in [0.1, 0.15) is 36.9 Å². The molecule has 2 unspecified atom stereocenters. The summed E-state index contributed by atoms with van der Waals surface area (Å²) in [5.41, 5.74) is 1.44. The molecular formula is C25H22F2N4O5. The van der Waals surface area contributed by atoms with E-state index in [9.17, 15) is 32.8 Å². The van der Waals surface area contributed by atoms with Gasteiger partial charge in [0, 0.05) is 18.2 Å². The fraction of sp³-hybridized carbons (Fsp3) is 0.240. The molecule has 5 amide bonds. The molecule has 36 heavy (non-hydrogen) atoms. The predicted molar refractivity (Wildman–Crippen MR) is 123 cm³/mol. The number of amides is 5. The summed E-state index contributed by atoms with van der Waals surface area (Å²) in [6, 6.07) is 8.52. The van der Waals surface area contributed by atoms with Gasteiger partial charge in [-0.3, -0.25) is 34.2 Å². The monoisotopic (exact) mass is 496 g/mol. The van der Waals surface area contributed by atoms with E-state index >= 15 is 0 Å². The van der Waals surface area contributed by atoms with Gasteiger partial charge in [0.05, 0.1) is 12.5 Å². The van der Waals surface area contributed by atoms with Gasteiger partial charge in [-0.1, -0.05) is 18.2 Å². The summed E-state index contributed by atoms with van der Waals surface area (Å²) < 4.78 is 26.5. The maximum Gasteiger partial charge on any atom is 0.278 e. The van der Waals surface area contributed by atoms with Gasteiger partial charge < -0.3 is 10.6 Å². The first-order valence-electron chi connectivity index (χ1n) is 11.2. The van der Waals surface area contributed by atoms with E-state index in [2.05, 4.69) is 16.0 Å². The van der Waals surface area contributed by atoms with Crippen molar-refractivity contribution in [2.24, 2.45) is 0 Å². The minimum absolute atomic E-state index is 0.0258. The quantitative estimate of drug-likeness (QED) is 0.503. The van der Waals surface area contributed by atoms with Gasteiger partial charge in [-0.2, -0.15) is 0 Å². The molecule has 2 aromatic carbocycles. The number of piperidine rings is 1. The molecule has 0 aliphatic carbocycles. The highest BCUT2D eigenvalue weighted by atomic mass is 19.2. The van der Waals surface area contributed by atoms with Gasteiger partial charge >= 0.3 is 0 Å². The lowest BCUT2D eigenvalue weighted by Gasteiger charge is -2.28. The van der Waals surface area contributed by atoms with E-state index in [1.165, 1.54) is 6.07 Å². The van der Waals surface area contributed by atoms with E-state index in [1.54, 1.807) is 31.2 Å². The molecule has 4 rings (SSSR count). The van der Waals surface area contributed by atoms with Crippen LogP contribution >= 0.6 is 0 Å². The summed E-state index contributed by atoms with van der Waals surface area (Å²) in [4.78, 5) is 61.9. The first-order valence-corrected chi connectivity index (χ1v) is 11.2. The Morgan fingerprint density at radius 3 is 2.61 bits per heavy atom. The maximum atomic E-state index is 13.4. The smallest absolute Gasteiger partial charge is 0.278 e. The molecule has 2 heterocycles. The summed E-state index contributed by atoms with van der Waals surface area (Å²) in [5.74, 6) is -4.92. The van der Waals surface area contributed by atoms with Crippen LogP contribution in [0.3, 0.4) is 0 Å². The third-order valence-electron chi connectivity index (χ3n) is 5.87. The number of nitrogens with zero attached hydrogens (tertiary/aromatic N) is 1. The molecule has 1 fully saturated rings. The van der Waals surface area contributed by atoms with Crippen LogP contribution in [0.2, 0.25) is 0 Å². The highest BCUT2D eigenvalue weighted by Gasteiger charge is 2.42. The SMILES string of the molecule is CC(NC(=O)Cc1ccc(F)c(F)c1)c1cccc(NC2=CC(=O)N(C3CCC(=O)NC3=O)C2=O)c1. The van der Waals surface area contributed by atoms with Crippen LogP contribution in [0.5, 0.6) is 0 Å². The van der Waals surface area contributed by atoms with Crippen LogP contribution in [0, 0.1) is 11.6 Å². The predicted octanol–water partition coefficient (Wildman–Crippen LogP) is 1.85. The molecule has 2 atom stereocenters. The third kappa shape index (κ3) is 5.29. The number of anilines is 1. The van der Waals surface area contributed by atoms with Crippen LogP contribution in [0.4, 0.5) is 14.5 Å². The van der Waals surface area contributed by atoms with Crippen molar-refractivity contribution < 1.29 is 32.8 Å². The average molecular weight is 496 g/mol. The summed E-state index contributed by atoms with van der Waals surface area (Å²) in [5, 5.41) is 7.78. The number of carbonyl (C=O) groups is 5. The van der Waals surface area contributed by atoms with E-state index in [-0.39, 0.29) is 25.0 Å².